The average molecular weight is 319 g/mol. The molecule has 0 radical (unpaired) electrons. The van der Waals surface area contributed by atoms with Gasteiger partial charge in [-0.05, 0) is 12.5 Å². The van der Waals surface area contributed by atoms with Crippen molar-refractivity contribution in [2.24, 2.45) is 5.84 Å². The average Bonchev–Trinajstić information content (AvgIpc) is 2.87. The van der Waals surface area contributed by atoms with Gasteiger partial charge in [0.1, 0.15) is 0 Å². The number of benzene rings is 1. The number of hydrazine groups is 1. The molecule has 1 aromatic carbocycles. The molecule has 0 bridgehead atoms. The van der Waals surface area contributed by atoms with E-state index < -0.39 is 10.8 Å². The van der Waals surface area contributed by atoms with Crippen molar-refractivity contribution in [2.75, 3.05) is 11.2 Å². The Morgan fingerprint density at radius 1 is 1.37 bits per heavy atom. The van der Waals surface area contributed by atoms with Crippen molar-refractivity contribution in [1.82, 2.24) is 10.2 Å². The first-order valence-corrected chi connectivity index (χ1v) is 7.67. The number of nitrogens with one attached hydrogen (secondary N) is 1. The van der Waals surface area contributed by atoms with Gasteiger partial charge in [0, 0.05) is 16.2 Å². The van der Waals surface area contributed by atoms with E-state index in [1.54, 1.807) is 0 Å². The summed E-state index contributed by atoms with van der Waals surface area (Å²) in [5, 5.41) is 9.21. The molecule has 8 heteroatoms. The molecule has 2 aromatic rings. The molecule has 3 N–H and O–H groups in total. The lowest BCUT2D eigenvalue weighted by atomic mass is 10.2. The van der Waals surface area contributed by atoms with Gasteiger partial charge in [-0.2, -0.15) is 0 Å². The fourth-order valence-corrected chi connectivity index (χ4v) is 3.52. The molecule has 104 valence electrons. The van der Waals surface area contributed by atoms with Crippen LogP contribution in [0.5, 0.6) is 0 Å². The fraction of sp³-hybridized carbons (Fsp3) is 0.273. The molecule has 1 atom stereocenters. The summed E-state index contributed by atoms with van der Waals surface area (Å²) >= 11 is 1.34. The third kappa shape index (κ3) is 3.73. The number of nitrogen functional groups attached to an aromatic ring is 1. The van der Waals surface area contributed by atoms with Crippen molar-refractivity contribution in [3.05, 3.63) is 24.3 Å². The van der Waals surface area contributed by atoms with E-state index in [2.05, 4.69) is 15.6 Å². The van der Waals surface area contributed by atoms with Gasteiger partial charge in [-0.25, -0.2) is 5.84 Å². The van der Waals surface area contributed by atoms with E-state index in [-0.39, 0.29) is 12.4 Å². The molecule has 1 unspecified atom stereocenters. The molecule has 0 amide bonds. The Balaban J connectivity index is 0.00000180. The maximum atomic E-state index is 12.1. The zero-order valence-corrected chi connectivity index (χ0v) is 12.8. The number of nitrogens with zero attached hydrogens (tertiary/aromatic N) is 2. The third-order valence-electron chi connectivity index (χ3n) is 2.30. The lowest BCUT2D eigenvalue weighted by Gasteiger charge is -2.05. The van der Waals surface area contributed by atoms with Gasteiger partial charge in [0.2, 0.25) is 5.13 Å². The number of halogens is 1. The molecule has 1 aromatic heterocycles. The fourth-order valence-electron chi connectivity index (χ4n) is 1.53. The zero-order chi connectivity index (χ0) is 13.0. The predicted molar refractivity (Wildman–Crippen MR) is 82.0 cm³/mol. The third-order valence-corrected chi connectivity index (χ3v) is 4.81. The summed E-state index contributed by atoms with van der Waals surface area (Å²) in [5.74, 6) is 5.94. The Hall–Kier alpha value is -1.02. The Bertz CT molecular complexity index is 561. The van der Waals surface area contributed by atoms with E-state index in [1.807, 2.05) is 31.2 Å². The first kappa shape index (κ1) is 16.0. The van der Waals surface area contributed by atoms with Crippen LogP contribution >= 0.6 is 23.7 Å². The van der Waals surface area contributed by atoms with E-state index in [0.717, 1.165) is 21.9 Å². The van der Waals surface area contributed by atoms with Crippen LogP contribution < -0.4 is 11.3 Å². The molecule has 5 nitrogen and oxygen atoms in total. The number of nitrogens with two attached hydrogens (primary N) is 1. The Morgan fingerprint density at radius 3 is 2.74 bits per heavy atom. The first-order chi connectivity index (χ1) is 8.76. The maximum Gasteiger partial charge on any atom is 0.220 e. The minimum absolute atomic E-state index is 0. The highest BCUT2D eigenvalue weighted by Crippen LogP contribution is 2.30. The van der Waals surface area contributed by atoms with E-state index >= 15 is 0 Å². The molecule has 19 heavy (non-hydrogen) atoms. The summed E-state index contributed by atoms with van der Waals surface area (Å²) < 4.78 is 12.1. The monoisotopic (exact) mass is 318 g/mol. The second kappa shape index (κ2) is 7.54. The quantitative estimate of drug-likeness (QED) is 0.653. The van der Waals surface area contributed by atoms with Crippen LogP contribution in [-0.4, -0.2) is 20.2 Å². The van der Waals surface area contributed by atoms with Crippen LogP contribution in [0.25, 0.3) is 10.6 Å². The summed E-state index contributed by atoms with van der Waals surface area (Å²) in [6, 6.07) is 7.57. The van der Waals surface area contributed by atoms with Crippen LogP contribution in [0.4, 0.5) is 5.13 Å². The van der Waals surface area contributed by atoms with E-state index in [1.165, 1.54) is 11.3 Å². The van der Waals surface area contributed by atoms with E-state index in [9.17, 15) is 4.21 Å². The van der Waals surface area contributed by atoms with Crippen molar-refractivity contribution >= 4 is 39.7 Å². The van der Waals surface area contributed by atoms with Gasteiger partial charge in [0.15, 0.2) is 5.01 Å². The Morgan fingerprint density at radius 2 is 2.11 bits per heavy atom. The number of hydrogen-bond acceptors (Lipinski definition) is 6. The van der Waals surface area contributed by atoms with Crippen molar-refractivity contribution in [2.45, 2.75) is 18.2 Å². The van der Waals surface area contributed by atoms with Gasteiger partial charge in [-0.1, -0.05) is 36.5 Å². The zero-order valence-electron chi connectivity index (χ0n) is 10.3. The molecule has 0 aliphatic carbocycles. The number of hydrogen-bond donors (Lipinski definition) is 2. The molecule has 2 rings (SSSR count). The van der Waals surface area contributed by atoms with Gasteiger partial charge in [-0.15, -0.1) is 22.6 Å². The predicted octanol–water partition coefficient (Wildman–Crippen LogP) is 2.43. The second-order valence-corrected chi connectivity index (χ2v) is 6.12. The molecule has 0 fully saturated rings. The van der Waals surface area contributed by atoms with Crippen LogP contribution in [0.1, 0.15) is 13.3 Å². The summed E-state index contributed by atoms with van der Waals surface area (Å²) in [6.07, 6.45) is 0.882. The van der Waals surface area contributed by atoms with Crippen LogP contribution in [0.2, 0.25) is 0 Å². The highest BCUT2D eigenvalue weighted by Gasteiger charge is 2.14. The Labute approximate surface area is 124 Å². The van der Waals surface area contributed by atoms with Gasteiger partial charge in [0.05, 0.1) is 10.8 Å². The van der Waals surface area contributed by atoms with Crippen LogP contribution in [0.3, 0.4) is 0 Å². The number of aromatic nitrogens is 2. The molecule has 1 heterocycles. The lowest BCUT2D eigenvalue weighted by Crippen LogP contribution is -2.05. The lowest BCUT2D eigenvalue weighted by molar-refractivity contribution is 0.682. The van der Waals surface area contributed by atoms with Crippen LogP contribution in [-0.2, 0) is 10.8 Å². The SMILES string of the molecule is CCCS(=O)c1ccccc1-c1nnc(NN)s1.Cl. The molecule has 0 aliphatic rings. The molecular weight excluding hydrogens is 304 g/mol. The van der Waals surface area contributed by atoms with E-state index in [4.69, 9.17) is 5.84 Å². The van der Waals surface area contributed by atoms with Crippen LogP contribution in [0, 0.1) is 0 Å². The summed E-state index contributed by atoms with van der Waals surface area (Å²) in [4.78, 5) is 0.805. The maximum absolute atomic E-state index is 12.1. The first-order valence-electron chi connectivity index (χ1n) is 5.54. The molecule has 0 aliphatic heterocycles. The van der Waals surface area contributed by atoms with Gasteiger partial charge >= 0.3 is 0 Å². The highest BCUT2D eigenvalue weighted by molar-refractivity contribution is 7.85. The Kier molecular flexibility index (Phi) is 6.36. The standard InChI is InChI=1S/C11H14N4OS2.ClH/c1-2-7-18(16)9-6-4-3-5-8(9)10-14-15-11(13-12)17-10;/h3-6H,2,7,12H2,1H3,(H,13,15);1H. The minimum atomic E-state index is -1.00. The number of rotatable bonds is 5. The molecule has 0 spiro atoms. The van der Waals surface area contributed by atoms with Gasteiger partial charge in [0.25, 0.3) is 0 Å². The second-order valence-electron chi connectivity index (χ2n) is 3.60. The van der Waals surface area contributed by atoms with Gasteiger partial charge in [-0.3, -0.25) is 9.63 Å². The van der Waals surface area contributed by atoms with Crippen molar-refractivity contribution in [3.8, 4) is 10.6 Å². The van der Waals surface area contributed by atoms with Crippen molar-refractivity contribution in [1.29, 1.82) is 0 Å². The van der Waals surface area contributed by atoms with E-state index in [0.29, 0.717) is 10.9 Å². The van der Waals surface area contributed by atoms with Gasteiger partial charge < -0.3 is 0 Å². The summed E-state index contributed by atoms with van der Waals surface area (Å²) in [7, 11) is -1.00. The molecular formula is C11H15ClN4OS2. The smallest absolute Gasteiger partial charge is 0.220 e. The largest absolute Gasteiger partial charge is 0.298 e. The summed E-state index contributed by atoms with van der Waals surface area (Å²) in [5.41, 5.74) is 3.32. The topological polar surface area (TPSA) is 80.9 Å². The van der Waals surface area contributed by atoms with Crippen LogP contribution in [0.15, 0.2) is 29.2 Å². The molecule has 0 saturated heterocycles. The molecule has 0 saturated carbocycles. The highest BCUT2D eigenvalue weighted by atomic mass is 35.5. The normalized spacial score (nSPS) is 11.7. The summed E-state index contributed by atoms with van der Waals surface area (Å²) in [6.45, 7) is 2.02. The minimum Gasteiger partial charge on any atom is -0.298 e. The van der Waals surface area contributed by atoms with Crippen molar-refractivity contribution in [3.63, 3.8) is 0 Å². The number of anilines is 1. The van der Waals surface area contributed by atoms with Crippen molar-refractivity contribution < 1.29 is 4.21 Å².